The zero-order valence-electron chi connectivity index (χ0n) is 14.3. The average Bonchev–Trinajstić information content (AvgIpc) is 2.68. The smallest absolute Gasteiger partial charge is 0.343 e. The van der Waals surface area contributed by atoms with E-state index in [0.29, 0.717) is 28.7 Å². The van der Waals surface area contributed by atoms with Gasteiger partial charge < -0.3 is 14.8 Å². The van der Waals surface area contributed by atoms with Crippen molar-refractivity contribution in [1.82, 2.24) is 10.7 Å². The lowest BCUT2D eigenvalue weighted by Gasteiger charge is -2.10. The molecule has 2 N–H and O–H groups in total. The Morgan fingerprint density at radius 2 is 2.00 bits per heavy atom. The van der Waals surface area contributed by atoms with Crippen molar-refractivity contribution in [3.63, 3.8) is 0 Å². The van der Waals surface area contributed by atoms with Crippen LogP contribution >= 0.6 is 12.2 Å². The lowest BCUT2D eigenvalue weighted by molar-refractivity contribution is 0.0729. The molecular weight excluding hydrogens is 350 g/mol. The summed E-state index contributed by atoms with van der Waals surface area (Å²) >= 11 is 5.03. The first-order valence-corrected chi connectivity index (χ1v) is 8.18. The molecule has 134 valence electrons. The quantitative estimate of drug-likeness (QED) is 0.195. The molecule has 0 spiro atoms. The van der Waals surface area contributed by atoms with Crippen LogP contribution in [0.2, 0.25) is 0 Å². The molecule has 2 aromatic carbocycles. The highest BCUT2D eigenvalue weighted by molar-refractivity contribution is 7.80. The largest absolute Gasteiger partial charge is 0.493 e. The maximum absolute atomic E-state index is 12.2. The van der Waals surface area contributed by atoms with Gasteiger partial charge in [-0.25, -0.2) is 4.79 Å². The van der Waals surface area contributed by atoms with Crippen LogP contribution < -0.4 is 20.2 Å². The summed E-state index contributed by atoms with van der Waals surface area (Å²) in [4.78, 5) is 12.2. The van der Waals surface area contributed by atoms with Gasteiger partial charge in [0.2, 0.25) is 0 Å². The highest BCUT2D eigenvalue weighted by Crippen LogP contribution is 2.28. The van der Waals surface area contributed by atoms with E-state index < -0.39 is 5.97 Å². The SMILES string of the molecule is C=CCNC(=S)NN=Cc1ccc(OC(=O)c2ccccc2)c(OC)c1. The van der Waals surface area contributed by atoms with Gasteiger partial charge in [-0.3, -0.25) is 5.43 Å². The normalized spacial score (nSPS) is 10.2. The number of thiocarbonyl (C=S) groups is 1. The van der Waals surface area contributed by atoms with Gasteiger partial charge in [0.15, 0.2) is 16.6 Å². The summed E-state index contributed by atoms with van der Waals surface area (Å²) in [5.41, 5.74) is 3.90. The molecule has 0 bridgehead atoms. The van der Waals surface area contributed by atoms with Gasteiger partial charge in [-0.05, 0) is 48.1 Å². The molecule has 7 heteroatoms. The number of nitrogens with one attached hydrogen (secondary N) is 2. The predicted molar refractivity (Wildman–Crippen MR) is 106 cm³/mol. The summed E-state index contributed by atoms with van der Waals surface area (Å²) < 4.78 is 10.7. The molecule has 0 saturated carbocycles. The fourth-order valence-electron chi connectivity index (χ4n) is 1.95. The number of benzene rings is 2. The second-order valence-corrected chi connectivity index (χ2v) is 5.44. The first kappa shape index (κ1) is 19.1. The van der Waals surface area contributed by atoms with Crippen LogP contribution in [-0.4, -0.2) is 31.0 Å². The fraction of sp³-hybridized carbons (Fsp3) is 0.105. The minimum Gasteiger partial charge on any atom is -0.493 e. The van der Waals surface area contributed by atoms with Gasteiger partial charge in [0.1, 0.15) is 0 Å². The number of methoxy groups -OCH3 is 1. The van der Waals surface area contributed by atoms with Crippen molar-refractivity contribution in [3.8, 4) is 11.5 Å². The maximum atomic E-state index is 12.2. The molecule has 2 rings (SSSR count). The van der Waals surface area contributed by atoms with Gasteiger partial charge in [0.25, 0.3) is 0 Å². The van der Waals surface area contributed by atoms with Gasteiger partial charge in [-0.1, -0.05) is 24.3 Å². The van der Waals surface area contributed by atoms with Crippen LogP contribution in [0.5, 0.6) is 11.5 Å². The number of esters is 1. The third kappa shape index (κ3) is 5.71. The van der Waals surface area contributed by atoms with Crippen molar-refractivity contribution in [2.75, 3.05) is 13.7 Å². The van der Waals surface area contributed by atoms with Crippen LogP contribution in [0.25, 0.3) is 0 Å². The van der Waals surface area contributed by atoms with Crippen LogP contribution in [0, 0.1) is 0 Å². The van der Waals surface area contributed by atoms with Crippen LogP contribution in [0.3, 0.4) is 0 Å². The molecule has 0 aromatic heterocycles. The molecule has 0 amide bonds. The van der Waals surface area contributed by atoms with E-state index in [4.69, 9.17) is 21.7 Å². The summed E-state index contributed by atoms with van der Waals surface area (Å²) in [5.74, 6) is 0.297. The summed E-state index contributed by atoms with van der Waals surface area (Å²) in [5, 5.41) is 7.32. The number of ether oxygens (including phenoxy) is 2. The highest BCUT2D eigenvalue weighted by Gasteiger charge is 2.12. The van der Waals surface area contributed by atoms with Crippen LogP contribution in [0.1, 0.15) is 15.9 Å². The Morgan fingerprint density at radius 3 is 2.69 bits per heavy atom. The lowest BCUT2D eigenvalue weighted by Crippen LogP contribution is -2.31. The zero-order chi connectivity index (χ0) is 18.8. The topological polar surface area (TPSA) is 72.0 Å². The number of hydrazone groups is 1. The van der Waals surface area contributed by atoms with E-state index >= 15 is 0 Å². The van der Waals surface area contributed by atoms with Gasteiger partial charge in [0, 0.05) is 6.54 Å². The Labute approximate surface area is 157 Å². The van der Waals surface area contributed by atoms with Crippen LogP contribution in [0.4, 0.5) is 0 Å². The average molecular weight is 369 g/mol. The van der Waals surface area contributed by atoms with Crippen molar-refractivity contribution >= 4 is 29.5 Å². The van der Waals surface area contributed by atoms with Gasteiger partial charge in [-0.2, -0.15) is 5.10 Å². The van der Waals surface area contributed by atoms with Crippen molar-refractivity contribution in [2.45, 2.75) is 0 Å². The summed E-state index contributed by atoms with van der Waals surface area (Å²) in [6, 6.07) is 13.9. The van der Waals surface area contributed by atoms with E-state index in [0.717, 1.165) is 5.56 Å². The van der Waals surface area contributed by atoms with E-state index in [-0.39, 0.29) is 0 Å². The molecule has 0 aliphatic heterocycles. The van der Waals surface area contributed by atoms with Crippen LogP contribution in [0.15, 0.2) is 66.3 Å². The molecule has 6 nitrogen and oxygen atoms in total. The molecule has 0 saturated heterocycles. The van der Waals surface area contributed by atoms with Gasteiger partial charge >= 0.3 is 5.97 Å². The van der Waals surface area contributed by atoms with Crippen molar-refractivity contribution in [2.24, 2.45) is 5.10 Å². The predicted octanol–water partition coefficient (Wildman–Crippen LogP) is 2.90. The summed E-state index contributed by atoms with van der Waals surface area (Å²) in [6.45, 7) is 4.14. The molecule has 0 aliphatic carbocycles. The number of carbonyl (C=O) groups excluding carboxylic acids is 1. The zero-order valence-corrected chi connectivity index (χ0v) is 15.1. The second kappa shape index (κ2) is 9.95. The monoisotopic (exact) mass is 369 g/mol. The van der Waals surface area contributed by atoms with E-state index in [2.05, 4.69) is 22.4 Å². The summed E-state index contributed by atoms with van der Waals surface area (Å²) in [7, 11) is 1.50. The number of hydrogen-bond acceptors (Lipinski definition) is 5. The molecule has 0 heterocycles. The first-order chi connectivity index (χ1) is 12.6. The van der Waals surface area contributed by atoms with Crippen molar-refractivity contribution in [1.29, 1.82) is 0 Å². The van der Waals surface area contributed by atoms with E-state index in [1.54, 1.807) is 54.8 Å². The maximum Gasteiger partial charge on any atom is 0.343 e. The molecule has 26 heavy (non-hydrogen) atoms. The fourth-order valence-corrected chi connectivity index (χ4v) is 2.09. The first-order valence-electron chi connectivity index (χ1n) is 7.77. The Hall–Kier alpha value is -3.19. The molecule has 0 aliphatic rings. The standard InChI is InChI=1S/C19H19N3O3S/c1-3-11-20-19(26)22-21-13-14-9-10-16(17(12-14)24-2)25-18(23)15-7-5-4-6-8-15/h3-10,12-13H,1,11H2,2H3,(H2,20,22,26). The second-order valence-electron chi connectivity index (χ2n) is 5.03. The van der Waals surface area contributed by atoms with Gasteiger partial charge in [-0.15, -0.1) is 6.58 Å². The Balaban J connectivity index is 2.03. The van der Waals surface area contributed by atoms with E-state index in [9.17, 15) is 4.79 Å². The number of carbonyl (C=O) groups is 1. The van der Waals surface area contributed by atoms with Gasteiger partial charge in [0.05, 0.1) is 18.9 Å². The van der Waals surface area contributed by atoms with Crippen LogP contribution in [-0.2, 0) is 0 Å². The molecule has 0 radical (unpaired) electrons. The molecule has 2 aromatic rings. The third-order valence-corrected chi connectivity index (χ3v) is 3.42. The van der Waals surface area contributed by atoms with Crippen molar-refractivity contribution in [3.05, 3.63) is 72.3 Å². The minimum absolute atomic E-state index is 0.328. The number of nitrogens with zero attached hydrogens (tertiary/aromatic N) is 1. The number of rotatable bonds is 7. The Kier molecular flexibility index (Phi) is 7.32. The lowest BCUT2D eigenvalue weighted by atomic mass is 10.2. The minimum atomic E-state index is -0.453. The molecular formula is C19H19N3O3S. The molecule has 0 atom stereocenters. The third-order valence-electron chi connectivity index (χ3n) is 3.19. The molecule has 0 fully saturated rings. The summed E-state index contributed by atoms with van der Waals surface area (Å²) in [6.07, 6.45) is 3.27. The highest BCUT2D eigenvalue weighted by atomic mass is 32.1. The molecule has 0 unspecified atom stereocenters. The Bertz CT molecular complexity index is 807. The van der Waals surface area contributed by atoms with Crippen molar-refractivity contribution < 1.29 is 14.3 Å². The Morgan fingerprint density at radius 1 is 1.23 bits per heavy atom. The number of hydrogen-bond donors (Lipinski definition) is 2. The van der Waals surface area contributed by atoms with E-state index in [1.165, 1.54) is 7.11 Å². The van der Waals surface area contributed by atoms with E-state index in [1.807, 2.05) is 6.07 Å².